The second kappa shape index (κ2) is 10.2. The van der Waals surface area contributed by atoms with Gasteiger partial charge in [0.05, 0.1) is 12.0 Å². The third kappa shape index (κ3) is 4.15. The van der Waals surface area contributed by atoms with Gasteiger partial charge in [-0.3, -0.25) is 14.9 Å². The van der Waals surface area contributed by atoms with Crippen LogP contribution in [0.25, 0.3) is 0 Å². The van der Waals surface area contributed by atoms with E-state index in [4.69, 9.17) is 9.47 Å². The molecule has 0 aromatic rings. The second-order valence-corrected chi connectivity index (χ2v) is 14.8. The van der Waals surface area contributed by atoms with Crippen molar-refractivity contribution in [1.82, 2.24) is 10.2 Å². The molecule has 0 spiro atoms. The number of Topliss-reactive ketones (excluding diaryl/α,β-unsaturated/α-hetero) is 1. The normalized spacial score (nSPS) is 49.7. The summed E-state index contributed by atoms with van der Waals surface area (Å²) in [5, 5.41) is 2.65. The molecule has 6 rings (SSSR count). The van der Waals surface area contributed by atoms with Gasteiger partial charge in [-0.15, -0.1) is 0 Å². The van der Waals surface area contributed by atoms with E-state index in [-0.39, 0.29) is 46.5 Å². The number of amides is 2. The molecule has 222 valence electrons. The van der Waals surface area contributed by atoms with Crippen LogP contribution in [-0.2, 0) is 19.1 Å². The number of allylic oxidation sites excluding steroid dienone is 2. The Balaban J connectivity index is 1.36. The molecule has 2 aliphatic heterocycles. The molecule has 4 aliphatic carbocycles. The number of piperidine rings is 1. The van der Waals surface area contributed by atoms with E-state index in [1.807, 2.05) is 0 Å². The van der Waals surface area contributed by atoms with Crippen molar-refractivity contribution in [2.75, 3.05) is 26.7 Å². The first-order chi connectivity index (χ1) is 19.0. The lowest BCUT2D eigenvalue weighted by Gasteiger charge is -2.62. The number of alkyl carbamates (subject to hydrolysis) is 1. The van der Waals surface area contributed by atoms with Crippen molar-refractivity contribution in [2.45, 2.75) is 97.7 Å². The SMILES string of the molecule is CO[C@@H]1CCC23CC[C@@H](C)[C@](C)(C12)[C@H](OC(=O)NC(=O)[C@H]1CN2CC[C@H]1C2)C[C@@](C)(C1C=CCCC1)C(=O)[C@@H]3C. The summed E-state index contributed by atoms with van der Waals surface area (Å²) in [6.45, 7) is 11.6. The molecule has 0 aromatic carbocycles. The number of methoxy groups -OCH3 is 1. The van der Waals surface area contributed by atoms with Gasteiger partial charge in [0.25, 0.3) is 0 Å². The molecule has 7 heteroatoms. The zero-order chi connectivity index (χ0) is 28.4. The lowest BCUT2D eigenvalue weighted by atomic mass is 9.43. The molecule has 2 saturated heterocycles. The number of nitrogens with one attached hydrogen (secondary N) is 1. The smallest absolute Gasteiger partial charge is 0.414 e. The lowest BCUT2D eigenvalue weighted by Crippen LogP contribution is -2.64. The van der Waals surface area contributed by atoms with Gasteiger partial charge >= 0.3 is 6.09 Å². The number of fused-ring (bicyclic) bond motifs is 2. The van der Waals surface area contributed by atoms with Crippen LogP contribution in [0.3, 0.4) is 0 Å². The van der Waals surface area contributed by atoms with Crippen molar-refractivity contribution in [2.24, 2.45) is 51.8 Å². The van der Waals surface area contributed by atoms with Gasteiger partial charge in [0.1, 0.15) is 11.9 Å². The highest BCUT2D eigenvalue weighted by molar-refractivity contribution is 5.94. The predicted octanol–water partition coefficient (Wildman–Crippen LogP) is 5.38. The Hall–Kier alpha value is -1.73. The third-order valence-electron chi connectivity index (χ3n) is 13.3. The zero-order valence-electron chi connectivity index (χ0n) is 25.2. The average molecular weight is 555 g/mol. The van der Waals surface area contributed by atoms with Crippen molar-refractivity contribution in [3.05, 3.63) is 12.2 Å². The molecule has 2 amide bonds. The van der Waals surface area contributed by atoms with Gasteiger partial charge in [0.15, 0.2) is 0 Å². The summed E-state index contributed by atoms with van der Waals surface area (Å²) in [6.07, 6.45) is 11.9. The number of imide groups is 1. The number of nitrogens with zero attached hydrogens (tertiary/aromatic N) is 1. The Morgan fingerprint density at radius 2 is 1.85 bits per heavy atom. The highest BCUT2D eigenvalue weighted by atomic mass is 16.6. The minimum absolute atomic E-state index is 0.0285. The summed E-state index contributed by atoms with van der Waals surface area (Å²) in [4.78, 5) is 43.8. The van der Waals surface area contributed by atoms with E-state index in [0.29, 0.717) is 24.0 Å². The number of ketones is 1. The summed E-state index contributed by atoms with van der Waals surface area (Å²) >= 11 is 0. The molecule has 6 aliphatic rings. The summed E-state index contributed by atoms with van der Waals surface area (Å²) in [5.41, 5.74) is -1.17. The number of hydrogen-bond donors (Lipinski definition) is 1. The van der Waals surface area contributed by atoms with Gasteiger partial charge in [0, 0.05) is 42.9 Å². The first kappa shape index (κ1) is 28.4. The zero-order valence-corrected chi connectivity index (χ0v) is 25.2. The quantitative estimate of drug-likeness (QED) is 0.470. The summed E-state index contributed by atoms with van der Waals surface area (Å²) < 4.78 is 12.6. The van der Waals surface area contributed by atoms with Crippen LogP contribution in [0.1, 0.15) is 85.5 Å². The molecule has 40 heavy (non-hydrogen) atoms. The second-order valence-electron chi connectivity index (χ2n) is 14.8. The molecule has 2 heterocycles. The summed E-state index contributed by atoms with van der Waals surface area (Å²) in [5.74, 6) is 0.749. The van der Waals surface area contributed by atoms with Crippen LogP contribution >= 0.6 is 0 Å². The average Bonchev–Trinajstić information content (AvgIpc) is 3.69. The molecule has 3 saturated carbocycles. The van der Waals surface area contributed by atoms with Crippen molar-refractivity contribution in [1.29, 1.82) is 0 Å². The van der Waals surface area contributed by atoms with Gasteiger partial charge in [-0.2, -0.15) is 0 Å². The molecule has 5 fully saturated rings. The van der Waals surface area contributed by atoms with Gasteiger partial charge in [-0.25, -0.2) is 4.79 Å². The predicted molar refractivity (Wildman–Crippen MR) is 152 cm³/mol. The molecular weight excluding hydrogens is 504 g/mol. The van der Waals surface area contributed by atoms with E-state index >= 15 is 0 Å². The topological polar surface area (TPSA) is 84.9 Å². The number of carbonyl (C=O) groups excluding carboxylic acids is 3. The highest BCUT2D eigenvalue weighted by Gasteiger charge is 2.69. The fourth-order valence-electron chi connectivity index (χ4n) is 10.7. The maximum Gasteiger partial charge on any atom is 0.414 e. The maximum absolute atomic E-state index is 14.7. The minimum atomic E-state index is -0.646. The fourth-order valence-corrected chi connectivity index (χ4v) is 10.7. The largest absolute Gasteiger partial charge is 0.445 e. The molecule has 12 atom stereocenters. The molecule has 4 unspecified atom stereocenters. The Bertz CT molecular complexity index is 1080. The fraction of sp³-hybridized carbons (Fsp3) is 0.848. The molecule has 7 nitrogen and oxygen atoms in total. The lowest BCUT2D eigenvalue weighted by molar-refractivity contribution is -0.194. The van der Waals surface area contributed by atoms with Crippen molar-refractivity contribution < 1.29 is 23.9 Å². The van der Waals surface area contributed by atoms with Crippen molar-refractivity contribution >= 4 is 17.8 Å². The highest BCUT2D eigenvalue weighted by Crippen LogP contribution is 2.69. The van der Waals surface area contributed by atoms with E-state index < -0.39 is 17.6 Å². The van der Waals surface area contributed by atoms with Crippen LogP contribution in [0.4, 0.5) is 4.79 Å². The van der Waals surface area contributed by atoms with Gasteiger partial charge in [-0.05, 0) is 87.5 Å². The number of hydrogen-bond acceptors (Lipinski definition) is 6. The maximum atomic E-state index is 14.7. The molecule has 0 aromatic heterocycles. The molecule has 4 bridgehead atoms. The van der Waals surface area contributed by atoms with Crippen LogP contribution in [-0.4, -0.2) is 61.6 Å². The van der Waals surface area contributed by atoms with E-state index in [2.05, 4.69) is 50.1 Å². The van der Waals surface area contributed by atoms with E-state index in [0.717, 1.165) is 71.0 Å². The van der Waals surface area contributed by atoms with E-state index in [9.17, 15) is 14.4 Å². The Morgan fingerprint density at radius 3 is 2.50 bits per heavy atom. The summed E-state index contributed by atoms with van der Waals surface area (Å²) in [7, 11) is 1.79. The third-order valence-corrected chi connectivity index (χ3v) is 13.3. The molecule has 1 N–H and O–H groups in total. The van der Waals surface area contributed by atoms with Crippen molar-refractivity contribution in [3.63, 3.8) is 0 Å². The number of carbonyl (C=O) groups is 3. The number of rotatable bonds is 4. The van der Waals surface area contributed by atoms with Crippen molar-refractivity contribution in [3.8, 4) is 0 Å². The van der Waals surface area contributed by atoms with Crippen LogP contribution in [0.2, 0.25) is 0 Å². The van der Waals surface area contributed by atoms with Crippen LogP contribution < -0.4 is 5.32 Å². The van der Waals surface area contributed by atoms with Gasteiger partial charge in [-0.1, -0.05) is 39.8 Å². The van der Waals surface area contributed by atoms with Gasteiger partial charge in [0.2, 0.25) is 5.91 Å². The summed E-state index contributed by atoms with van der Waals surface area (Å²) in [6, 6.07) is 0. The Morgan fingerprint density at radius 1 is 1.07 bits per heavy atom. The van der Waals surface area contributed by atoms with Crippen LogP contribution in [0.15, 0.2) is 12.2 Å². The minimum Gasteiger partial charge on any atom is -0.445 e. The first-order valence-electron chi connectivity index (χ1n) is 16.0. The molecule has 0 radical (unpaired) electrons. The first-order valence-corrected chi connectivity index (χ1v) is 16.0. The van der Waals surface area contributed by atoms with Gasteiger partial charge < -0.3 is 14.4 Å². The van der Waals surface area contributed by atoms with E-state index in [1.165, 1.54) is 0 Å². The van der Waals surface area contributed by atoms with Crippen LogP contribution in [0.5, 0.6) is 0 Å². The number of ether oxygens (including phenoxy) is 2. The Labute approximate surface area is 240 Å². The monoisotopic (exact) mass is 554 g/mol. The Kier molecular flexibility index (Phi) is 7.25. The van der Waals surface area contributed by atoms with E-state index in [1.54, 1.807) is 7.11 Å². The standard InChI is InChI=1S/C33H50N2O5/c1-20-11-14-33-15-12-25(39-5)27(33)32(20,4)26(17-31(3,28(36)21(33)2)23-9-7-6-8-10-23)40-30(38)34-29(37)24-19-35-16-13-22(24)18-35/h7,9,20-27H,6,8,10-19H2,1-5H3,(H,34,37,38)/t20-,21+,22+,23?,24+,25-,26-,27?,31+,32+,33?/m1/s1. The molecular formula is C33H50N2O5. The van der Waals surface area contributed by atoms with Crippen LogP contribution in [0, 0.1) is 51.8 Å².